The van der Waals surface area contributed by atoms with Crippen molar-refractivity contribution < 1.29 is 22.7 Å². The first kappa shape index (κ1) is 25.5. The highest BCUT2D eigenvalue weighted by atomic mass is 19.3. The van der Waals surface area contributed by atoms with Gasteiger partial charge in [0.05, 0.1) is 22.8 Å². The topological polar surface area (TPSA) is 70.6 Å². The van der Waals surface area contributed by atoms with E-state index in [0.29, 0.717) is 31.1 Å². The Hall–Kier alpha value is -3.14. The van der Waals surface area contributed by atoms with E-state index in [9.17, 15) is 18.0 Å². The smallest absolute Gasteiger partial charge is 0.266 e. The highest BCUT2D eigenvalue weighted by Gasteiger charge is 2.58. The van der Waals surface area contributed by atoms with E-state index in [1.54, 1.807) is 21.0 Å². The van der Waals surface area contributed by atoms with Crippen LogP contribution in [0.25, 0.3) is 6.08 Å². The van der Waals surface area contributed by atoms with E-state index in [4.69, 9.17) is 4.74 Å². The first-order chi connectivity index (χ1) is 17.6. The normalized spacial score (nSPS) is 23.1. The number of hydrogen-bond donors (Lipinski definition) is 1. The van der Waals surface area contributed by atoms with E-state index >= 15 is 0 Å². The number of likely N-dealkylation sites (tertiary alicyclic amines) is 1. The second-order valence-electron chi connectivity index (χ2n) is 10.4. The molecule has 10 heteroatoms. The second-order valence-corrected chi connectivity index (χ2v) is 10.4. The molecule has 3 aliphatic rings. The predicted octanol–water partition coefficient (Wildman–Crippen LogP) is 5.12. The Labute approximate surface area is 214 Å². The molecule has 3 heterocycles. The van der Waals surface area contributed by atoms with Gasteiger partial charge in [0.25, 0.3) is 6.43 Å². The van der Waals surface area contributed by atoms with Crippen LogP contribution in [0.15, 0.2) is 30.1 Å². The minimum atomic E-state index is -2.90. The lowest BCUT2D eigenvalue weighted by molar-refractivity contribution is -0.139. The van der Waals surface area contributed by atoms with Gasteiger partial charge in [-0.15, -0.1) is 0 Å². The van der Waals surface area contributed by atoms with Crippen molar-refractivity contribution in [2.75, 3.05) is 37.5 Å². The lowest BCUT2D eigenvalue weighted by Gasteiger charge is -2.49. The van der Waals surface area contributed by atoms with E-state index in [0.717, 1.165) is 36.5 Å². The lowest BCUT2D eigenvalue weighted by atomic mass is 9.77. The first-order valence-electron chi connectivity index (χ1n) is 12.5. The van der Waals surface area contributed by atoms with Gasteiger partial charge in [-0.05, 0) is 37.8 Å². The summed E-state index contributed by atoms with van der Waals surface area (Å²) in [5.74, 6) is 0.374. The molecule has 1 unspecified atom stereocenters. The fourth-order valence-corrected chi connectivity index (χ4v) is 6.03. The van der Waals surface area contributed by atoms with Crippen LogP contribution < -0.4 is 10.2 Å². The number of amides is 1. The van der Waals surface area contributed by atoms with Gasteiger partial charge in [0.2, 0.25) is 5.91 Å². The molecule has 2 aliphatic heterocycles. The van der Waals surface area contributed by atoms with Gasteiger partial charge >= 0.3 is 0 Å². The number of likely N-dealkylation sites (N-methyl/N-ethyl adjacent to an activating group) is 1. The molecular weight excluding hydrogens is 483 g/mol. The maximum absolute atomic E-state index is 14.8. The maximum atomic E-state index is 14.8. The molecule has 1 saturated heterocycles. The molecule has 2 atom stereocenters. The van der Waals surface area contributed by atoms with E-state index in [1.165, 1.54) is 18.5 Å². The van der Waals surface area contributed by atoms with Crippen LogP contribution in [0.3, 0.4) is 0 Å². The minimum absolute atomic E-state index is 0.0966. The fraction of sp³-hybridized carbons (Fsp3) is 0.519. The Balaban J connectivity index is 1.49. The van der Waals surface area contributed by atoms with Gasteiger partial charge in [0.1, 0.15) is 23.8 Å². The van der Waals surface area contributed by atoms with Crippen molar-refractivity contribution in [1.29, 1.82) is 0 Å². The molecule has 1 aromatic carbocycles. The van der Waals surface area contributed by atoms with Gasteiger partial charge < -0.3 is 19.9 Å². The van der Waals surface area contributed by atoms with Crippen LogP contribution in [0.1, 0.15) is 68.7 Å². The summed E-state index contributed by atoms with van der Waals surface area (Å²) in [4.78, 5) is 25.2. The zero-order valence-electron chi connectivity index (χ0n) is 21.5. The number of nitrogens with zero attached hydrogens (tertiary/aromatic N) is 4. The number of methoxy groups -OCH3 is 1. The highest BCUT2D eigenvalue weighted by Crippen LogP contribution is 2.54. The number of hydrogen-bond acceptors (Lipinski definition) is 6. The fourth-order valence-electron chi connectivity index (χ4n) is 6.03. The van der Waals surface area contributed by atoms with Crippen LogP contribution in [0.4, 0.5) is 24.8 Å². The highest BCUT2D eigenvalue weighted by molar-refractivity contribution is 5.79. The van der Waals surface area contributed by atoms with Crippen molar-refractivity contribution in [3.63, 3.8) is 0 Å². The molecule has 5 rings (SSSR count). The van der Waals surface area contributed by atoms with E-state index < -0.39 is 29.4 Å². The molecule has 37 heavy (non-hydrogen) atoms. The van der Waals surface area contributed by atoms with E-state index in [2.05, 4.69) is 15.3 Å². The van der Waals surface area contributed by atoms with Crippen LogP contribution in [0.2, 0.25) is 0 Å². The number of anilines is 2. The summed E-state index contributed by atoms with van der Waals surface area (Å²) >= 11 is 0. The quantitative estimate of drug-likeness (QED) is 0.576. The number of alkyl halides is 2. The number of aromatic nitrogens is 2. The van der Waals surface area contributed by atoms with Gasteiger partial charge in [-0.2, -0.15) is 0 Å². The molecule has 1 spiro atoms. The zero-order valence-corrected chi connectivity index (χ0v) is 21.5. The van der Waals surface area contributed by atoms with Crippen LogP contribution in [-0.2, 0) is 9.53 Å². The standard InChI is InChI=1S/C27H32F3N5O2/c1-16(19-6-5-7-20(22(19)28)23(29)30)33-24-21-12-18(13-34(3)25(21)32-15-31-24)27(37-4)10-11-35(17(2)36)26(14-27)8-9-26/h5-7,12,15-16,23H,8-11,13-14H2,1-4H3,(H,31,32,33)/t16-,27?/m1/s1. The molecule has 0 radical (unpaired) electrons. The lowest BCUT2D eigenvalue weighted by Crippen LogP contribution is -2.56. The average Bonchev–Trinajstić information content (AvgIpc) is 3.62. The van der Waals surface area contributed by atoms with Crippen molar-refractivity contribution in [2.24, 2.45) is 0 Å². The molecule has 1 saturated carbocycles. The number of carbonyl (C=O) groups is 1. The van der Waals surface area contributed by atoms with Gasteiger partial charge in [0, 0.05) is 51.7 Å². The summed E-state index contributed by atoms with van der Waals surface area (Å²) in [5.41, 5.74) is 0.625. The third-order valence-corrected chi connectivity index (χ3v) is 8.17. The largest absolute Gasteiger partial charge is 0.374 e. The number of ether oxygens (including phenoxy) is 1. The average molecular weight is 516 g/mol. The number of piperidine rings is 1. The SMILES string of the molecule is COC1(C2=Cc3c(N[C@H](C)c4cccc(C(F)F)c4F)ncnc3N(C)C2)CCN(C(C)=O)C2(CC2)C1. The van der Waals surface area contributed by atoms with E-state index in [1.807, 2.05) is 22.9 Å². The molecule has 2 aromatic rings. The second kappa shape index (κ2) is 9.31. The third kappa shape index (κ3) is 4.35. The molecule has 198 valence electrons. The van der Waals surface area contributed by atoms with Crippen molar-refractivity contribution >= 4 is 23.6 Å². The first-order valence-corrected chi connectivity index (χ1v) is 12.5. The molecule has 1 aromatic heterocycles. The summed E-state index contributed by atoms with van der Waals surface area (Å²) in [6.45, 7) is 4.57. The van der Waals surface area contributed by atoms with Crippen LogP contribution in [-0.4, -0.2) is 59.2 Å². The summed E-state index contributed by atoms with van der Waals surface area (Å²) in [7, 11) is 3.66. The Kier molecular flexibility index (Phi) is 6.42. The molecule has 2 fully saturated rings. The predicted molar refractivity (Wildman–Crippen MR) is 135 cm³/mol. The van der Waals surface area contributed by atoms with Crippen molar-refractivity contribution in [2.45, 2.75) is 63.1 Å². The Morgan fingerprint density at radius 3 is 2.57 bits per heavy atom. The van der Waals surface area contributed by atoms with Crippen LogP contribution in [0, 0.1) is 5.82 Å². The number of fused-ring (bicyclic) bond motifs is 1. The Morgan fingerprint density at radius 1 is 1.19 bits per heavy atom. The summed E-state index contributed by atoms with van der Waals surface area (Å²) < 4.78 is 47.6. The molecule has 7 nitrogen and oxygen atoms in total. The molecular formula is C27H32F3N5O2. The Morgan fingerprint density at radius 2 is 1.92 bits per heavy atom. The number of carbonyl (C=O) groups excluding carboxylic acids is 1. The van der Waals surface area contributed by atoms with Gasteiger partial charge in [-0.25, -0.2) is 23.1 Å². The molecule has 1 N–H and O–H groups in total. The van der Waals surface area contributed by atoms with E-state index in [-0.39, 0.29) is 17.0 Å². The van der Waals surface area contributed by atoms with Gasteiger partial charge in [-0.1, -0.05) is 18.2 Å². The van der Waals surface area contributed by atoms with Crippen LogP contribution in [0.5, 0.6) is 0 Å². The number of rotatable bonds is 6. The summed E-state index contributed by atoms with van der Waals surface area (Å²) in [5, 5.41) is 3.22. The Bertz CT molecular complexity index is 1250. The van der Waals surface area contributed by atoms with Crippen molar-refractivity contribution in [3.8, 4) is 0 Å². The van der Waals surface area contributed by atoms with Crippen molar-refractivity contribution in [3.05, 3.63) is 52.6 Å². The summed E-state index contributed by atoms with van der Waals surface area (Å²) in [6.07, 6.45) is 3.92. The van der Waals surface area contributed by atoms with Gasteiger partial charge in [-0.3, -0.25) is 4.79 Å². The molecule has 1 aliphatic carbocycles. The maximum Gasteiger partial charge on any atom is 0.266 e. The number of benzene rings is 1. The van der Waals surface area contributed by atoms with Crippen molar-refractivity contribution in [1.82, 2.24) is 14.9 Å². The third-order valence-electron chi connectivity index (χ3n) is 8.17. The van der Waals surface area contributed by atoms with Gasteiger partial charge in [0.15, 0.2) is 0 Å². The number of nitrogens with one attached hydrogen (secondary N) is 1. The minimum Gasteiger partial charge on any atom is -0.374 e. The summed E-state index contributed by atoms with van der Waals surface area (Å²) in [6, 6.07) is 3.41. The number of halogens is 3. The van der Waals surface area contributed by atoms with Crippen LogP contribution >= 0.6 is 0 Å². The molecule has 1 amide bonds. The zero-order chi connectivity index (χ0) is 26.5. The molecule has 0 bridgehead atoms. The monoisotopic (exact) mass is 515 g/mol.